The van der Waals surface area contributed by atoms with Gasteiger partial charge in [-0.15, -0.1) is 0 Å². The number of piperidine rings is 1. The minimum absolute atomic E-state index is 0.190. The number of aryl methyl sites for hydroxylation is 1. The van der Waals surface area contributed by atoms with Crippen molar-refractivity contribution < 1.29 is 13.2 Å². The molecule has 134 valence electrons. The Kier molecular flexibility index (Phi) is 5.30. The van der Waals surface area contributed by atoms with E-state index in [0.29, 0.717) is 31.2 Å². The lowest BCUT2D eigenvalue weighted by Crippen LogP contribution is -2.35. The summed E-state index contributed by atoms with van der Waals surface area (Å²) in [6, 6.07) is 1.51. The summed E-state index contributed by atoms with van der Waals surface area (Å²) in [6.45, 7) is 1.82. The maximum absolute atomic E-state index is 12.7. The second-order valence-corrected chi connectivity index (χ2v) is 8.94. The third-order valence-electron chi connectivity index (χ3n) is 5.19. The summed E-state index contributed by atoms with van der Waals surface area (Å²) in [7, 11) is -1.77. The molecule has 3 rings (SSSR count). The minimum Gasteiger partial charge on any atom is -0.350 e. The van der Waals surface area contributed by atoms with Crippen LogP contribution >= 0.6 is 0 Å². The predicted molar refractivity (Wildman–Crippen MR) is 92.3 cm³/mol. The molecule has 6 nitrogen and oxygen atoms in total. The first-order valence-corrected chi connectivity index (χ1v) is 10.4. The molecule has 1 aromatic rings. The summed E-state index contributed by atoms with van der Waals surface area (Å²) < 4.78 is 28.6. The van der Waals surface area contributed by atoms with Crippen LogP contribution in [0.2, 0.25) is 0 Å². The largest absolute Gasteiger partial charge is 0.350 e. The van der Waals surface area contributed by atoms with Crippen molar-refractivity contribution in [3.63, 3.8) is 0 Å². The molecule has 1 saturated heterocycles. The van der Waals surface area contributed by atoms with Crippen LogP contribution in [0.15, 0.2) is 17.2 Å². The number of amides is 1. The highest BCUT2D eigenvalue weighted by Gasteiger charge is 2.28. The topological polar surface area (TPSA) is 71.4 Å². The van der Waals surface area contributed by atoms with Crippen LogP contribution in [0.5, 0.6) is 0 Å². The first kappa shape index (κ1) is 17.5. The first-order chi connectivity index (χ1) is 11.5. The van der Waals surface area contributed by atoms with Gasteiger partial charge >= 0.3 is 0 Å². The van der Waals surface area contributed by atoms with Crippen molar-refractivity contribution in [3.8, 4) is 0 Å². The van der Waals surface area contributed by atoms with Crippen LogP contribution in [0.4, 0.5) is 0 Å². The molecule has 1 aromatic heterocycles. The molecule has 0 spiro atoms. The first-order valence-electron chi connectivity index (χ1n) is 8.93. The smallest absolute Gasteiger partial charge is 0.267 e. The molecule has 1 N–H and O–H groups in total. The van der Waals surface area contributed by atoms with Gasteiger partial charge in [0.2, 0.25) is 10.0 Å². The highest BCUT2D eigenvalue weighted by molar-refractivity contribution is 7.89. The van der Waals surface area contributed by atoms with E-state index in [2.05, 4.69) is 5.32 Å². The molecule has 0 aromatic carbocycles. The van der Waals surface area contributed by atoms with Gasteiger partial charge in [-0.2, -0.15) is 4.31 Å². The average Bonchev–Trinajstić information content (AvgIpc) is 3.23. The maximum atomic E-state index is 12.7. The molecule has 2 aliphatic rings. The Morgan fingerprint density at radius 2 is 1.83 bits per heavy atom. The van der Waals surface area contributed by atoms with Crippen molar-refractivity contribution in [2.75, 3.05) is 19.6 Å². The van der Waals surface area contributed by atoms with Crippen LogP contribution in [-0.2, 0) is 17.1 Å². The number of aromatic nitrogens is 1. The lowest BCUT2D eigenvalue weighted by Gasteiger charge is -2.25. The van der Waals surface area contributed by atoms with E-state index >= 15 is 0 Å². The Morgan fingerprint density at radius 1 is 1.17 bits per heavy atom. The van der Waals surface area contributed by atoms with E-state index in [1.165, 1.54) is 36.1 Å². The normalized spacial score (nSPS) is 20.4. The Bertz CT molecular complexity index is 684. The number of carbonyl (C=O) groups excluding carboxylic acids is 1. The SMILES string of the molecule is Cn1cc(S(=O)(=O)N2CCCCC2)cc1C(=O)NCC1CCCC1. The highest BCUT2D eigenvalue weighted by atomic mass is 32.2. The maximum Gasteiger partial charge on any atom is 0.267 e. The molecule has 1 saturated carbocycles. The number of nitrogens with zero attached hydrogens (tertiary/aromatic N) is 2. The van der Waals surface area contributed by atoms with E-state index in [9.17, 15) is 13.2 Å². The minimum atomic E-state index is -3.50. The van der Waals surface area contributed by atoms with Gasteiger partial charge in [-0.05, 0) is 37.7 Å². The summed E-state index contributed by atoms with van der Waals surface area (Å²) in [6.07, 6.45) is 9.25. The van der Waals surface area contributed by atoms with E-state index in [0.717, 1.165) is 19.3 Å². The van der Waals surface area contributed by atoms with Gasteiger partial charge < -0.3 is 9.88 Å². The second-order valence-electron chi connectivity index (χ2n) is 7.00. The number of nitrogens with one attached hydrogen (secondary N) is 1. The molecular weight excluding hydrogens is 326 g/mol. The Balaban J connectivity index is 1.70. The zero-order valence-electron chi connectivity index (χ0n) is 14.3. The fourth-order valence-corrected chi connectivity index (χ4v) is 5.29. The standard InChI is InChI=1S/C17H27N3O3S/c1-19-13-15(24(22,23)20-9-5-2-6-10-20)11-16(19)17(21)18-12-14-7-3-4-8-14/h11,13-14H,2-10,12H2,1H3,(H,18,21). The monoisotopic (exact) mass is 353 g/mol. The van der Waals surface area contributed by atoms with Crippen LogP contribution in [-0.4, -0.2) is 42.8 Å². The number of carbonyl (C=O) groups is 1. The lowest BCUT2D eigenvalue weighted by atomic mass is 10.1. The van der Waals surface area contributed by atoms with Gasteiger partial charge in [0, 0.05) is 32.9 Å². The zero-order chi connectivity index (χ0) is 17.2. The van der Waals surface area contributed by atoms with Gasteiger partial charge in [-0.3, -0.25) is 4.79 Å². The summed E-state index contributed by atoms with van der Waals surface area (Å²) in [5, 5.41) is 2.96. The number of rotatable bonds is 5. The van der Waals surface area contributed by atoms with Crippen molar-refractivity contribution in [1.29, 1.82) is 0 Å². The molecule has 2 heterocycles. The molecule has 7 heteroatoms. The third-order valence-corrected chi connectivity index (χ3v) is 7.06. The number of hydrogen-bond acceptors (Lipinski definition) is 3. The average molecular weight is 353 g/mol. The molecule has 1 aliphatic heterocycles. The van der Waals surface area contributed by atoms with Gasteiger partial charge in [-0.1, -0.05) is 19.3 Å². The quantitative estimate of drug-likeness (QED) is 0.881. The van der Waals surface area contributed by atoms with Crippen LogP contribution in [0.3, 0.4) is 0 Å². The highest BCUT2D eigenvalue weighted by Crippen LogP contribution is 2.24. The second kappa shape index (κ2) is 7.27. The Hall–Kier alpha value is -1.34. The Labute approximate surface area is 144 Å². The Morgan fingerprint density at radius 3 is 2.50 bits per heavy atom. The van der Waals surface area contributed by atoms with Crippen molar-refractivity contribution in [3.05, 3.63) is 18.0 Å². The molecular formula is C17H27N3O3S. The molecule has 24 heavy (non-hydrogen) atoms. The van der Waals surface area contributed by atoms with Crippen molar-refractivity contribution in [2.24, 2.45) is 13.0 Å². The zero-order valence-corrected chi connectivity index (χ0v) is 15.1. The van der Waals surface area contributed by atoms with Crippen molar-refractivity contribution >= 4 is 15.9 Å². The molecule has 1 aliphatic carbocycles. The lowest BCUT2D eigenvalue weighted by molar-refractivity contribution is 0.0939. The summed E-state index contributed by atoms with van der Waals surface area (Å²) in [4.78, 5) is 12.6. The van der Waals surface area contributed by atoms with E-state index in [-0.39, 0.29) is 10.8 Å². The fourth-order valence-electron chi connectivity index (χ4n) is 3.70. The van der Waals surface area contributed by atoms with Gasteiger partial charge in [0.1, 0.15) is 10.6 Å². The van der Waals surface area contributed by atoms with Crippen molar-refractivity contribution in [1.82, 2.24) is 14.2 Å². The fraction of sp³-hybridized carbons (Fsp3) is 0.706. The summed E-state index contributed by atoms with van der Waals surface area (Å²) >= 11 is 0. The van der Waals surface area contributed by atoms with E-state index in [1.54, 1.807) is 17.8 Å². The van der Waals surface area contributed by atoms with Gasteiger partial charge in [-0.25, -0.2) is 8.42 Å². The molecule has 1 amide bonds. The number of hydrogen-bond donors (Lipinski definition) is 1. The molecule has 0 unspecified atom stereocenters. The third kappa shape index (κ3) is 3.67. The van der Waals surface area contributed by atoms with E-state index < -0.39 is 10.0 Å². The van der Waals surface area contributed by atoms with Crippen LogP contribution in [0.1, 0.15) is 55.4 Å². The molecule has 0 atom stereocenters. The summed E-state index contributed by atoms with van der Waals surface area (Å²) in [5.74, 6) is 0.371. The van der Waals surface area contributed by atoms with Gasteiger partial charge in [0.25, 0.3) is 5.91 Å². The van der Waals surface area contributed by atoms with E-state index in [4.69, 9.17) is 0 Å². The van der Waals surface area contributed by atoms with Crippen molar-refractivity contribution in [2.45, 2.75) is 49.8 Å². The van der Waals surface area contributed by atoms with E-state index in [1.807, 2.05) is 0 Å². The molecule has 0 bridgehead atoms. The molecule has 2 fully saturated rings. The van der Waals surface area contributed by atoms with Crippen LogP contribution < -0.4 is 5.32 Å². The summed E-state index contributed by atoms with van der Waals surface area (Å²) in [5.41, 5.74) is 0.406. The predicted octanol–water partition coefficient (Wildman–Crippen LogP) is 2.12. The van der Waals surface area contributed by atoms with Gasteiger partial charge in [0.05, 0.1) is 0 Å². The van der Waals surface area contributed by atoms with Gasteiger partial charge in [0.15, 0.2) is 0 Å². The number of sulfonamides is 1. The molecule has 0 radical (unpaired) electrons. The van der Waals surface area contributed by atoms with Crippen LogP contribution in [0, 0.1) is 5.92 Å². The van der Waals surface area contributed by atoms with Crippen LogP contribution in [0.25, 0.3) is 0 Å².